The van der Waals surface area contributed by atoms with Gasteiger partial charge in [-0.15, -0.1) is 0 Å². The molecule has 0 atom stereocenters. The summed E-state index contributed by atoms with van der Waals surface area (Å²) in [4.78, 5) is 4.52. The lowest BCUT2D eigenvalue weighted by atomic mass is 10.1. The van der Waals surface area contributed by atoms with E-state index in [0.29, 0.717) is 18.3 Å². The number of ether oxygens (including phenoxy) is 1. The van der Waals surface area contributed by atoms with Gasteiger partial charge < -0.3 is 9.26 Å². The predicted octanol–water partition coefficient (Wildman–Crippen LogP) is 4.87. The van der Waals surface area contributed by atoms with Crippen LogP contribution in [-0.4, -0.2) is 16.7 Å². The van der Waals surface area contributed by atoms with Crippen LogP contribution in [0.1, 0.15) is 12.5 Å². The topological polar surface area (TPSA) is 48.2 Å². The van der Waals surface area contributed by atoms with Gasteiger partial charge in [0.25, 0.3) is 5.89 Å². The molecule has 0 saturated heterocycles. The van der Waals surface area contributed by atoms with Gasteiger partial charge in [-0.1, -0.05) is 39.3 Å². The molecule has 0 amide bonds. The van der Waals surface area contributed by atoms with Gasteiger partial charge >= 0.3 is 0 Å². The van der Waals surface area contributed by atoms with E-state index in [9.17, 15) is 0 Å². The summed E-state index contributed by atoms with van der Waals surface area (Å²) in [7, 11) is 0. The number of benzene rings is 2. The van der Waals surface area contributed by atoms with Crippen LogP contribution in [0.3, 0.4) is 0 Å². The molecular formula is C17H15BrN2O2. The van der Waals surface area contributed by atoms with Crippen LogP contribution >= 0.6 is 15.9 Å². The van der Waals surface area contributed by atoms with Gasteiger partial charge in [-0.05, 0) is 43.7 Å². The van der Waals surface area contributed by atoms with Crippen molar-refractivity contribution in [3.05, 3.63) is 52.5 Å². The molecular weight excluding hydrogens is 344 g/mol. The third-order valence-corrected chi connectivity index (χ3v) is 3.78. The number of halogens is 1. The average Bonchev–Trinajstić information content (AvgIpc) is 2.99. The molecule has 5 heteroatoms. The van der Waals surface area contributed by atoms with Crippen molar-refractivity contribution in [3.8, 4) is 28.6 Å². The maximum Gasteiger partial charge on any atom is 0.258 e. The normalized spacial score (nSPS) is 10.7. The fraction of sp³-hybridized carbons (Fsp3) is 0.176. The molecule has 4 nitrogen and oxygen atoms in total. The Balaban J connectivity index is 2.04. The van der Waals surface area contributed by atoms with E-state index in [1.807, 2.05) is 56.3 Å². The van der Waals surface area contributed by atoms with Crippen LogP contribution < -0.4 is 4.74 Å². The first-order valence-electron chi connectivity index (χ1n) is 7.01. The van der Waals surface area contributed by atoms with Gasteiger partial charge in [0.1, 0.15) is 5.75 Å². The van der Waals surface area contributed by atoms with Crippen LogP contribution in [0.4, 0.5) is 0 Å². The summed E-state index contributed by atoms with van der Waals surface area (Å²) in [6.45, 7) is 4.54. The molecule has 1 aromatic heterocycles. The summed E-state index contributed by atoms with van der Waals surface area (Å²) < 4.78 is 12.0. The van der Waals surface area contributed by atoms with Crippen molar-refractivity contribution in [2.45, 2.75) is 13.8 Å². The second-order valence-corrected chi connectivity index (χ2v) is 5.73. The van der Waals surface area contributed by atoms with Crippen LogP contribution in [-0.2, 0) is 0 Å². The molecule has 2 aromatic carbocycles. The fourth-order valence-electron chi connectivity index (χ4n) is 2.21. The minimum atomic E-state index is 0.510. The molecule has 0 fully saturated rings. The Morgan fingerprint density at radius 3 is 2.73 bits per heavy atom. The lowest BCUT2D eigenvalue weighted by molar-refractivity contribution is 0.341. The zero-order chi connectivity index (χ0) is 15.5. The van der Waals surface area contributed by atoms with Gasteiger partial charge in [0.15, 0.2) is 0 Å². The second kappa shape index (κ2) is 6.32. The van der Waals surface area contributed by atoms with Gasteiger partial charge in [0.2, 0.25) is 5.82 Å². The Bertz CT molecular complexity index is 799. The highest BCUT2D eigenvalue weighted by Crippen LogP contribution is 2.32. The Morgan fingerprint density at radius 2 is 1.95 bits per heavy atom. The zero-order valence-electron chi connectivity index (χ0n) is 12.3. The lowest BCUT2D eigenvalue weighted by Gasteiger charge is -2.07. The molecule has 0 spiro atoms. The van der Waals surface area contributed by atoms with Gasteiger partial charge in [-0.2, -0.15) is 4.98 Å². The second-order valence-electron chi connectivity index (χ2n) is 4.81. The lowest BCUT2D eigenvalue weighted by Crippen LogP contribution is -1.95. The highest BCUT2D eigenvalue weighted by Gasteiger charge is 2.16. The summed E-state index contributed by atoms with van der Waals surface area (Å²) in [5.41, 5.74) is 2.84. The Hall–Kier alpha value is -2.14. The molecule has 3 rings (SSSR count). The number of aromatic nitrogens is 2. The van der Waals surface area contributed by atoms with E-state index >= 15 is 0 Å². The highest BCUT2D eigenvalue weighted by atomic mass is 79.9. The van der Waals surface area contributed by atoms with Crippen LogP contribution in [0.5, 0.6) is 5.75 Å². The van der Waals surface area contributed by atoms with E-state index in [0.717, 1.165) is 26.9 Å². The number of rotatable bonds is 4. The summed E-state index contributed by atoms with van der Waals surface area (Å²) >= 11 is 3.47. The van der Waals surface area contributed by atoms with Gasteiger partial charge in [-0.3, -0.25) is 0 Å². The summed E-state index contributed by atoms with van der Waals surface area (Å²) in [6.07, 6.45) is 0. The first kappa shape index (κ1) is 14.8. The van der Waals surface area contributed by atoms with Crippen molar-refractivity contribution in [2.24, 2.45) is 0 Å². The Morgan fingerprint density at radius 1 is 1.14 bits per heavy atom. The molecule has 3 aromatic rings. The number of aryl methyl sites for hydroxylation is 1. The van der Waals surface area contributed by atoms with Crippen LogP contribution in [0, 0.1) is 6.92 Å². The van der Waals surface area contributed by atoms with E-state index in [4.69, 9.17) is 9.26 Å². The van der Waals surface area contributed by atoms with E-state index in [1.54, 1.807) is 0 Å². The highest BCUT2D eigenvalue weighted by molar-refractivity contribution is 9.10. The standard InChI is InChI=1S/C17H15BrN2O2/c1-3-21-15-9-8-12(18)10-14(15)16-19-17(22-20-16)13-7-5-4-6-11(13)2/h4-10H,3H2,1-2H3. The third kappa shape index (κ3) is 2.90. The maximum absolute atomic E-state index is 5.64. The summed E-state index contributed by atoms with van der Waals surface area (Å²) in [6, 6.07) is 13.7. The molecule has 0 bridgehead atoms. The zero-order valence-corrected chi connectivity index (χ0v) is 13.9. The number of hydrogen-bond acceptors (Lipinski definition) is 4. The molecule has 0 unspecified atom stereocenters. The van der Waals surface area contributed by atoms with Crippen molar-refractivity contribution in [1.82, 2.24) is 10.1 Å². The van der Waals surface area contributed by atoms with Crippen LogP contribution in [0.2, 0.25) is 0 Å². The van der Waals surface area contributed by atoms with Crippen LogP contribution in [0.15, 0.2) is 51.5 Å². The minimum Gasteiger partial charge on any atom is -0.493 e. The monoisotopic (exact) mass is 358 g/mol. The van der Waals surface area contributed by atoms with E-state index < -0.39 is 0 Å². The maximum atomic E-state index is 5.64. The molecule has 0 saturated carbocycles. The van der Waals surface area contributed by atoms with Crippen molar-refractivity contribution in [2.75, 3.05) is 6.61 Å². The molecule has 0 aliphatic heterocycles. The van der Waals surface area contributed by atoms with Crippen molar-refractivity contribution in [3.63, 3.8) is 0 Å². The van der Waals surface area contributed by atoms with Gasteiger partial charge in [0, 0.05) is 10.0 Å². The number of nitrogens with zero attached hydrogens (tertiary/aromatic N) is 2. The average molecular weight is 359 g/mol. The third-order valence-electron chi connectivity index (χ3n) is 3.28. The Kier molecular flexibility index (Phi) is 4.24. The van der Waals surface area contributed by atoms with E-state index in [1.165, 1.54) is 0 Å². The van der Waals surface area contributed by atoms with Gasteiger partial charge in [0.05, 0.1) is 12.2 Å². The molecule has 112 valence electrons. The smallest absolute Gasteiger partial charge is 0.258 e. The first-order valence-corrected chi connectivity index (χ1v) is 7.80. The van der Waals surface area contributed by atoms with E-state index in [-0.39, 0.29) is 0 Å². The van der Waals surface area contributed by atoms with Crippen molar-refractivity contribution < 1.29 is 9.26 Å². The molecule has 0 aliphatic carbocycles. The van der Waals surface area contributed by atoms with Crippen LogP contribution in [0.25, 0.3) is 22.8 Å². The SMILES string of the molecule is CCOc1ccc(Br)cc1-c1noc(-c2ccccc2C)n1. The minimum absolute atomic E-state index is 0.510. The quantitative estimate of drug-likeness (QED) is 0.667. The molecule has 0 aliphatic rings. The molecule has 22 heavy (non-hydrogen) atoms. The fourth-order valence-corrected chi connectivity index (χ4v) is 2.57. The largest absolute Gasteiger partial charge is 0.493 e. The Labute approximate surface area is 137 Å². The predicted molar refractivity (Wildman–Crippen MR) is 88.8 cm³/mol. The van der Waals surface area contributed by atoms with Crippen molar-refractivity contribution in [1.29, 1.82) is 0 Å². The van der Waals surface area contributed by atoms with E-state index in [2.05, 4.69) is 26.1 Å². The molecule has 0 N–H and O–H groups in total. The number of hydrogen-bond donors (Lipinski definition) is 0. The van der Waals surface area contributed by atoms with Crippen molar-refractivity contribution >= 4 is 15.9 Å². The molecule has 1 heterocycles. The summed E-state index contributed by atoms with van der Waals surface area (Å²) in [5.74, 6) is 1.77. The molecule has 0 radical (unpaired) electrons. The first-order chi connectivity index (χ1) is 10.7. The van der Waals surface area contributed by atoms with Gasteiger partial charge in [-0.25, -0.2) is 0 Å². The summed E-state index contributed by atoms with van der Waals surface area (Å²) in [5, 5.41) is 4.10.